The van der Waals surface area contributed by atoms with Crippen LogP contribution in [-0.2, 0) is 22.7 Å². The van der Waals surface area contributed by atoms with Crippen molar-refractivity contribution in [3.63, 3.8) is 0 Å². The second-order valence-corrected chi connectivity index (χ2v) is 7.91. The zero-order valence-corrected chi connectivity index (χ0v) is 17.4. The molecule has 0 aliphatic heterocycles. The van der Waals surface area contributed by atoms with Gasteiger partial charge < -0.3 is 14.8 Å². The van der Waals surface area contributed by atoms with Gasteiger partial charge in [-0.05, 0) is 46.5 Å². The third-order valence-electron chi connectivity index (χ3n) is 4.04. The summed E-state index contributed by atoms with van der Waals surface area (Å²) < 4.78 is 4.67. The summed E-state index contributed by atoms with van der Waals surface area (Å²) in [5.41, 5.74) is 4.09. The van der Waals surface area contributed by atoms with Crippen LogP contribution in [0, 0.1) is 0 Å². The summed E-state index contributed by atoms with van der Waals surface area (Å²) in [5.74, 6) is -0.461. The Bertz CT molecular complexity index is 769. The molecule has 144 valence electrons. The van der Waals surface area contributed by atoms with Crippen molar-refractivity contribution in [2.24, 2.45) is 5.14 Å². The van der Waals surface area contributed by atoms with Gasteiger partial charge in [0.2, 0.25) is 0 Å². The van der Waals surface area contributed by atoms with Crippen LogP contribution < -0.4 is 15.8 Å². The number of hydrogen-bond donors (Lipinski definition) is 3. The minimum Gasteiger partial charge on any atom is -0.371 e. The zero-order valence-electron chi connectivity index (χ0n) is 15.7. The molecule has 27 heavy (non-hydrogen) atoms. The third-order valence-corrected chi connectivity index (χ3v) is 4.58. The Hall–Kier alpha value is -2.09. The maximum absolute atomic E-state index is 11.5. The molecule has 0 saturated carbocycles. The second-order valence-electron chi connectivity index (χ2n) is 7.15. The molecule has 2 aromatic carbocycles. The maximum Gasteiger partial charge on any atom is 0.351 e. The third kappa shape index (κ3) is 6.86. The van der Waals surface area contributed by atoms with Crippen molar-refractivity contribution >= 4 is 35.5 Å². The van der Waals surface area contributed by atoms with Gasteiger partial charge in [-0.25, -0.2) is 9.93 Å². The van der Waals surface area contributed by atoms with Crippen molar-refractivity contribution in [1.82, 2.24) is 10.6 Å². The fourth-order valence-electron chi connectivity index (χ4n) is 2.40. The Morgan fingerprint density at radius 3 is 1.93 bits per heavy atom. The standard InChI is InChI=1S/C20H25N3O2S2/c1-20(2,3)17-10-6-15(7-11-17)13-23-19(26)22-12-14-4-8-16(9-5-14)18(24)25-27-21/h4-11H,12-13,21H2,1-3H3,(H2,22,23,26). The van der Waals surface area contributed by atoms with E-state index < -0.39 is 5.97 Å². The van der Waals surface area contributed by atoms with E-state index in [0.717, 1.165) is 5.56 Å². The molecule has 0 fully saturated rings. The normalized spacial score (nSPS) is 11.0. The van der Waals surface area contributed by atoms with Crippen LogP contribution in [0.3, 0.4) is 0 Å². The number of benzene rings is 2. The van der Waals surface area contributed by atoms with Gasteiger partial charge >= 0.3 is 5.97 Å². The van der Waals surface area contributed by atoms with Crippen LogP contribution in [0.4, 0.5) is 0 Å². The lowest BCUT2D eigenvalue weighted by Gasteiger charge is -2.19. The predicted octanol–water partition coefficient (Wildman–Crippen LogP) is 3.83. The van der Waals surface area contributed by atoms with Crippen molar-refractivity contribution in [1.29, 1.82) is 0 Å². The largest absolute Gasteiger partial charge is 0.371 e. The van der Waals surface area contributed by atoms with Crippen LogP contribution in [0.5, 0.6) is 0 Å². The van der Waals surface area contributed by atoms with Crippen LogP contribution in [0.2, 0.25) is 0 Å². The lowest BCUT2D eigenvalue weighted by molar-refractivity contribution is 0.0768. The molecule has 0 radical (unpaired) electrons. The van der Waals surface area contributed by atoms with Crippen LogP contribution in [0.25, 0.3) is 0 Å². The van der Waals surface area contributed by atoms with Gasteiger partial charge in [0.25, 0.3) is 0 Å². The molecule has 7 heteroatoms. The lowest BCUT2D eigenvalue weighted by Crippen LogP contribution is -2.34. The first kappa shape index (κ1) is 21.2. The number of nitrogens with two attached hydrogens (primary N) is 1. The lowest BCUT2D eigenvalue weighted by atomic mass is 9.87. The summed E-state index contributed by atoms with van der Waals surface area (Å²) in [4.78, 5) is 11.5. The highest BCUT2D eigenvalue weighted by Crippen LogP contribution is 2.22. The highest BCUT2D eigenvalue weighted by atomic mass is 32.2. The summed E-state index contributed by atoms with van der Waals surface area (Å²) >= 11 is 5.87. The van der Waals surface area contributed by atoms with E-state index in [-0.39, 0.29) is 5.41 Å². The van der Waals surface area contributed by atoms with Gasteiger partial charge in [-0.1, -0.05) is 57.2 Å². The first-order valence-electron chi connectivity index (χ1n) is 8.57. The van der Waals surface area contributed by atoms with Crippen LogP contribution in [0.1, 0.15) is 47.8 Å². The van der Waals surface area contributed by atoms with Crippen LogP contribution >= 0.6 is 24.4 Å². The van der Waals surface area contributed by atoms with Crippen molar-refractivity contribution in [2.75, 3.05) is 0 Å². The van der Waals surface area contributed by atoms with E-state index in [4.69, 9.17) is 17.4 Å². The first-order valence-corrected chi connectivity index (χ1v) is 9.78. The molecule has 0 saturated heterocycles. The monoisotopic (exact) mass is 403 g/mol. The molecular weight excluding hydrogens is 378 g/mol. The fraction of sp³-hybridized carbons (Fsp3) is 0.300. The fourth-order valence-corrected chi connectivity index (χ4v) is 2.73. The summed E-state index contributed by atoms with van der Waals surface area (Å²) in [6.45, 7) is 7.83. The molecule has 0 spiro atoms. The summed E-state index contributed by atoms with van der Waals surface area (Å²) in [5, 5.41) is 12.1. The molecule has 0 heterocycles. The van der Waals surface area contributed by atoms with Gasteiger partial charge in [-0.2, -0.15) is 0 Å². The molecule has 4 N–H and O–H groups in total. The van der Waals surface area contributed by atoms with E-state index in [1.165, 1.54) is 11.1 Å². The van der Waals surface area contributed by atoms with Crippen molar-refractivity contribution in [3.8, 4) is 0 Å². The molecule has 2 aromatic rings. The number of carbonyl (C=O) groups is 1. The van der Waals surface area contributed by atoms with Crippen molar-refractivity contribution < 1.29 is 8.98 Å². The molecule has 2 rings (SSSR count). The Kier molecular flexibility index (Phi) is 7.65. The highest BCUT2D eigenvalue weighted by molar-refractivity contribution is 7.92. The zero-order chi connectivity index (χ0) is 19.9. The smallest absolute Gasteiger partial charge is 0.351 e. The van der Waals surface area contributed by atoms with E-state index in [1.807, 2.05) is 12.1 Å². The quantitative estimate of drug-likeness (QED) is 0.384. The van der Waals surface area contributed by atoms with Gasteiger partial charge in [-0.15, -0.1) is 0 Å². The SMILES string of the molecule is CC(C)(C)c1ccc(CNC(=S)NCc2ccc(C(=O)OSN)cc2)cc1. The van der Waals surface area contributed by atoms with Gasteiger partial charge in [0, 0.05) is 13.1 Å². The predicted molar refractivity (Wildman–Crippen MR) is 115 cm³/mol. The molecule has 0 amide bonds. The average molecular weight is 404 g/mol. The number of hydrogen-bond acceptors (Lipinski definition) is 5. The number of carbonyl (C=O) groups excluding carboxylic acids is 1. The van der Waals surface area contributed by atoms with E-state index >= 15 is 0 Å². The number of nitrogens with one attached hydrogen (secondary N) is 2. The van der Waals surface area contributed by atoms with Crippen molar-refractivity contribution in [2.45, 2.75) is 39.3 Å². The maximum atomic E-state index is 11.5. The van der Waals surface area contributed by atoms with Gasteiger partial charge in [0.05, 0.1) is 5.56 Å². The Labute approximate surface area is 170 Å². The molecule has 0 aromatic heterocycles. The van der Waals surface area contributed by atoms with E-state index in [9.17, 15) is 4.79 Å². The summed E-state index contributed by atoms with van der Waals surface area (Å²) in [6.07, 6.45) is 0. The number of thiocarbonyl (C=S) groups is 1. The summed E-state index contributed by atoms with van der Waals surface area (Å²) in [6, 6.07) is 15.6. The molecule has 0 unspecified atom stereocenters. The topological polar surface area (TPSA) is 76.4 Å². The summed E-state index contributed by atoms with van der Waals surface area (Å²) in [7, 11) is 0. The first-order chi connectivity index (χ1) is 12.8. The van der Waals surface area contributed by atoms with Crippen molar-refractivity contribution in [3.05, 3.63) is 70.8 Å². The molecule has 0 bridgehead atoms. The average Bonchev–Trinajstić information content (AvgIpc) is 2.65. The highest BCUT2D eigenvalue weighted by Gasteiger charge is 2.12. The molecule has 0 aliphatic rings. The van der Waals surface area contributed by atoms with Crippen LogP contribution in [-0.4, -0.2) is 11.1 Å². The van der Waals surface area contributed by atoms with E-state index in [1.54, 1.807) is 12.1 Å². The second kappa shape index (κ2) is 9.73. The Morgan fingerprint density at radius 2 is 1.48 bits per heavy atom. The molecule has 5 nitrogen and oxygen atoms in total. The van der Waals surface area contributed by atoms with Gasteiger partial charge in [0.1, 0.15) is 12.2 Å². The van der Waals surface area contributed by atoms with E-state index in [0.29, 0.717) is 36.0 Å². The van der Waals surface area contributed by atoms with Gasteiger partial charge in [-0.3, -0.25) is 0 Å². The molecule has 0 atom stereocenters. The molecular formula is C20H25N3O2S2. The minimum absolute atomic E-state index is 0.151. The molecule has 0 aliphatic carbocycles. The van der Waals surface area contributed by atoms with Gasteiger partial charge in [0.15, 0.2) is 5.11 Å². The van der Waals surface area contributed by atoms with E-state index in [2.05, 4.69) is 59.9 Å². The Morgan fingerprint density at radius 1 is 1.00 bits per heavy atom. The minimum atomic E-state index is -0.461. The number of rotatable bonds is 6. The Balaban J connectivity index is 1.78. The van der Waals surface area contributed by atoms with Crippen LogP contribution in [0.15, 0.2) is 48.5 Å².